The molecule has 0 fully saturated rings. The SMILES string of the molecule is NC1=C(Cl)C(=O)C(=O)C=C1. The number of carbonyl (C=O) groups is 2. The van der Waals surface area contributed by atoms with Crippen molar-refractivity contribution < 1.29 is 9.59 Å². The molecule has 0 aromatic rings. The van der Waals surface area contributed by atoms with Crippen LogP contribution in [0.4, 0.5) is 0 Å². The van der Waals surface area contributed by atoms with E-state index in [1.807, 2.05) is 0 Å². The van der Waals surface area contributed by atoms with Gasteiger partial charge in [0.1, 0.15) is 5.03 Å². The average molecular weight is 158 g/mol. The first kappa shape index (κ1) is 7.02. The highest BCUT2D eigenvalue weighted by Gasteiger charge is 2.20. The number of hydrogen-bond acceptors (Lipinski definition) is 3. The molecule has 52 valence electrons. The summed E-state index contributed by atoms with van der Waals surface area (Å²) in [6.45, 7) is 0. The van der Waals surface area contributed by atoms with Crippen LogP contribution in [-0.4, -0.2) is 11.6 Å². The summed E-state index contributed by atoms with van der Waals surface area (Å²) < 4.78 is 0. The molecule has 0 aromatic carbocycles. The minimum atomic E-state index is -0.735. The molecule has 1 aliphatic rings. The molecule has 0 saturated heterocycles. The van der Waals surface area contributed by atoms with Crippen LogP contribution in [0.25, 0.3) is 0 Å². The number of carbonyl (C=O) groups excluding carboxylic acids is 2. The lowest BCUT2D eigenvalue weighted by Gasteiger charge is -2.02. The van der Waals surface area contributed by atoms with Gasteiger partial charge < -0.3 is 5.73 Å². The lowest BCUT2D eigenvalue weighted by molar-refractivity contribution is -0.131. The van der Waals surface area contributed by atoms with Gasteiger partial charge in [-0.3, -0.25) is 9.59 Å². The number of nitrogens with two attached hydrogens (primary N) is 1. The molecule has 0 atom stereocenters. The molecular weight excluding hydrogens is 154 g/mol. The van der Waals surface area contributed by atoms with Crippen molar-refractivity contribution >= 4 is 23.2 Å². The van der Waals surface area contributed by atoms with Gasteiger partial charge in [-0.1, -0.05) is 11.6 Å². The van der Waals surface area contributed by atoms with Gasteiger partial charge in [0, 0.05) is 0 Å². The Hall–Kier alpha value is -1.09. The summed E-state index contributed by atoms with van der Waals surface area (Å²) in [5.41, 5.74) is 5.36. The van der Waals surface area contributed by atoms with Crippen molar-refractivity contribution in [1.82, 2.24) is 0 Å². The molecule has 0 amide bonds. The van der Waals surface area contributed by atoms with Crippen molar-refractivity contribution in [3.63, 3.8) is 0 Å². The van der Waals surface area contributed by atoms with Gasteiger partial charge in [-0.25, -0.2) is 0 Å². The van der Waals surface area contributed by atoms with E-state index in [0.717, 1.165) is 6.08 Å². The second kappa shape index (κ2) is 2.27. The lowest BCUT2D eigenvalue weighted by Crippen LogP contribution is -2.18. The maximum absolute atomic E-state index is 10.7. The van der Waals surface area contributed by atoms with E-state index in [1.165, 1.54) is 6.08 Å². The molecule has 1 rings (SSSR count). The van der Waals surface area contributed by atoms with Crippen LogP contribution in [0.2, 0.25) is 0 Å². The zero-order chi connectivity index (χ0) is 7.72. The Labute approximate surface area is 62.1 Å². The van der Waals surface area contributed by atoms with Gasteiger partial charge in [-0.05, 0) is 12.2 Å². The molecule has 0 saturated carbocycles. The molecule has 1 aliphatic carbocycles. The number of hydrogen-bond donors (Lipinski definition) is 1. The normalized spacial score (nSPS) is 18.5. The monoisotopic (exact) mass is 157 g/mol. The number of allylic oxidation sites excluding steroid dienone is 3. The fraction of sp³-hybridized carbons (Fsp3) is 0. The van der Waals surface area contributed by atoms with E-state index in [-0.39, 0.29) is 10.7 Å². The minimum Gasteiger partial charge on any atom is -0.397 e. The van der Waals surface area contributed by atoms with E-state index in [4.69, 9.17) is 17.3 Å². The highest BCUT2D eigenvalue weighted by molar-refractivity contribution is 6.60. The van der Waals surface area contributed by atoms with Crippen LogP contribution >= 0.6 is 11.6 Å². The van der Waals surface area contributed by atoms with Gasteiger partial charge in [-0.15, -0.1) is 0 Å². The molecular formula is C6H4ClNO2. The number of Topliss-reactive ketones (excluding diaryl/α,β-unsaturated/α-hetero) is 1. The van der Waals surface area contributed by atoms with Gasteiger partial charge in [0.25, 0.3) is 0 Å². The van der Waals surface area contributed by atoms with Crippen LogP contribution in [0.5, 0.6) is 0 Å². The zero-order valence-electron chi connectivity index (χ0n) is 4.93. The molecule has 0 heterocycles. The third-order valence-electron chi connectivity index (χ3n) is 1.09. The minimum absolute atomic E-state index is 0.145. The third-order valence-corrected chi connectivity index (χ3v) is 1.48. The van der Waals surface area contributed by atoms with Crippen molar-refractivity contribution in [1.29, 1.82) is 0 Å². The molecule has 10 heavy (non-hydrogen) atoms. The van der Waals surface area contributed by atoms with Crippen LogP contribution in [0, 0.1) is 0 Å². The second-order valence-electron chi connectivity index (χ2n) is 1.80. The second-order valence-corrected chi connectivity index (χ2v) is 2.17. The zero-order valence-corrected chi connectivity index (χ0v) is 5.68. The molecule has 2 N–H and O–H groups in total. The molecule has 0 radical (unpaired) electrons. The average Bonchev–Trinajstić information content (AvgIpc) is 1.93. The first-order valence-corrected chi connectivity index (χ1v) is 2.92. The van der Waals surface area contributed by atoms with Crippen LogP contribution < -0.4 is 5.73 Å². The quantitative estimate of drug-likeness (QED) is 0.401. The van der Waals surface area contributed by atoms with Crippen molar-refractivity contribution in [3.8, 4) is 0 Å². The maximum atomic E-state index is 10.7. The first-order chi connectivity index (χ1) is 4.63. The first-order valence-electron chi connectivity index (χ1n) is 2.55. The van der Waals surface area contributed by atoms with Crippen molar-refractivity contribution in [2.45, 2.75) is 0 Å². The van der Waals surface area contributed by atoms with E-state index in [2.05, 4.69) is 0 Å². The Morgan fingerprint density at radius 2 is 1.90 bits per heavy atom. The smallest absolute Gasteiger partial charge is 0.246 e. The van der Waals surface area contributed by atoms with E-state index >= 15 is 0 Å². The molecule has 3 nitrogen and oxygen atoms in total. The van der Waals surface area contributed by atoms with Crippen LogP contribution in [0.15, 0.2) is 22.9 Å². The van der Waals surface area contributed by atoms with E-state index in [9.17, 15) is 9.59 Å². The van der Waals surface area contributed by atoms with Crippen molar-refractivity contribution in [2.24, 2.45) is 5.73 Å². The summed E-state index contributed by atoms with van der Waals surface area (Å²) in [7, 11) is 0. The molecule has 0 aromatic heterocycles. The maximum Gasteiger partial charge on any atom is 0.246 e. The van der Waals surface area contributed by atoms with Gasteiger partial charge in [0.15, 0.2) is 0 Å². The Balaban J connectivity index is 3.11. The van der Waals surface area contributed by atoms with Gasteiger partial charge in [0.05, 0.1) is 5.70 Å². The Morgan fingerprint density at radius 3 is 2.40 bits per heavy atom. The highest BCUT2D eigenvalue weighted by Crippen LogP contribution is 2.12. The Morgan fingerprint density at radius 1 is 1.30 bits per heavy atom. The fourth-order valence-corrected chi connectivity index (χ4v) is 0.710. The van der Waals surface area contributed by atoms with Gasteiger partial charge in [0.2, 0.25) is 11.6 Å². The predicted molar refractivity (Wildman–Crippen MR) is 36.2 cm³/mol. The lowest BCUT2D eigenvalue weighted by atomic mass is 10.1. The summed E-state index contributed by atoms with van der Waals surface area (Å²) in [6, 6.07) is 0. The molecule has 0 bridgehead atoms. The Bertz CT molecular complexity index is 265. The van der Waals surface area contributed by atoms with Crippen LogP contribution in [0.3, 0.4) is 0 Å². The predicted octanol–water partition coefficient (Wildman–Crippen LogP) is 0.104. The molecule has 0 aliphatic heterocycles. The van der Waals surface area contributed by atoms with E-state index < -0.39 is 11.6 Å². The number of ketones is 2. The fourth-order valence-electron chi connectivity index (χ4n) is 0.554. The van der Waals surface area contributed by atoms with E-state index in [1.54, 1.807) is 0 Å². The van der Waals surface area contributed by atoms with Crippen molar-refractivity contribution in [2.75, 3.05) is 0 Å². The summed E-state index contributed by atoms with van der Waals surface area (Å²) in [4.78, 5) is 21.2. The van der Waals surface area contributed by atoms with Crippen LogP contribution in [0.1, 0.15) is 0 Å². The van der Waals surface area contributed by atoms with Gasteiger partial charge >= 0.3 is 0 Å². The van der Waals surface area contributed by atoms with E-state index in [0.29, 0.717) is 0 Å². The summed E-state index contributed by atoms with van der Waals surface area (Å²) in [6.07, 6.45) is 2.41. The van der Waals surface area contributed by atoms with Gasteiger partial charge in [-0.2, -0.15) is 0 Å². The topological polar surface area (TPSA) is 60.2 Å². The number of rotatable bonds is 0. The largest absolute Gasteiger partial charge is 0.397 e. The molecule has 4 heteroatoms. The summed E-state index contributed by atoms with van der Waals surface area (Å²) in [5, 5.41) is -0.187. The summed E-state index contributed by atoms with van der Waals surface area (Å²) in [5.74, 6) is -1.36. The summed E-state index contributed by atoms with van der Waals surface area (Å²) >= 11 is 5.35. The number of halogens is 1. The molecule has 0 spiro atoms. The standard InChI is InChI=1S/C6H4ClNO2/c7-5-3(8)1-2-4(9)6(5)10/h1-2H,8H2. The Kier molecular flexibility index (Phi) is 1.59. The molecule has 0 unspecified atom stereocenters. The van der Waals surface area contributed by atoms with Crippen LogP contribution in [-0.2, 0) is 9.59 Å². The third kappa shape index (κ3) is 0.953. The highest BCUT2D eigenvalue weighted by atomic mass is 35.5. The van der Waals surface area contributed by atoms with Crippen molar-refractivity contribution in [3.05, 3.63) is 22.9 Å².